The maximum absolute atomic E-state index is 9.01. The van der Waals surface area contributed by atoms with Crippen LogP contribution in [0, 0.1) is 6.92 Å². The molecule has 2 aromatic rings. The minimum atomic E-state index is 0.0901. The number of aryl methyl sites for hydroxylation is 1. The molecule has 0 aliphatic carbocycles. The third kappa shape index (κ3) is 3.76. The predicted molar refractivity (Wildman–Crippen MR) is 77.0 cm³/mol. The molecule has 0 bridgehead atoms. The first-order valence-corrected chi connectivity index (χ1v) is 6.56. The smallest absolute Gasteiger partial charge is 0.247 e. The fraction of sp³-hybridized carbons (Fsp3) is 0.333. The molecule has 0 saturated heterocycles. The molecule has 0 spiro atoms. The fourth-order valence-electron chi connectivity index (χ4n) is 1.88. The van der Waals surface area contributed by atoms with Gasteiger partial charge in [-0.1, -0.05) is 23.8 Å². The summed E-state index contributed by atoms with van der Waals surface area (Å²) in [5.74, 6) is 1.05. The van der Waals surface area contributed by atoms with E-state index in [1.807, 2.05) is 36.1 Å². The molecule has 0 amide bonds. The number of aliphatic hydroxyl groups is 1. The highest BCUT2D eigenvalue weighted by Crippen LogP contribution is 2.18. The maximum Gasteiger partial charge on any atom is 0.247 e. The Bertz CT molecular complexity index is 549. The molecule has 0 aliphatic rings. The molecule has 0 aliphatic heterocycles. The highest BCUT2D eigenvalue weighted by Gasteiger charge is 2.11. The van der Waals surface area contributed by atoms with Crippen molar-refractivity contribution in [3.05, 3.63) is 48.4 Å². The molecule has 0 saturated carbocycles. The van der Waals surface area contributed by atoms with Crippen molar-refractivity contribution >= 4 is 0 Å². The zero-order valence-corrected chi connectivity index (χ0v) is 11.6. The van der Waals surface area contributed by atoms with Crippen LogP contribution in [0.5, 0.6) is 0 Å². The van der Waals surface area contributed by atoms with Crippen molar-refractivity contribution < 1.29 is 9.52 Å². The second-order valence-corrected chi connectivity index (χ2v) is 4.61. The van der Waals surface area contributed by atoms with Crippen molar-refractivity contribution in [3.8, 4) is 11.5 Å². The molecule has 20 heavy (non-hydrogen) atoms. The monoisotopic (exact) mass is 273 g/mol. The number of rotatable bonds is 7. The molecule has 106 valence electrons. The summed E-state index contributed by atoms with van der Waals surface area (Å²) >= 11 is 0. The lowest BCUT2D eigenvalue weighted by molar-refractivity contribution is 0.192. The Morgan fingerprint density at radius 3 is 2.70 bits per heavy atom. The van der Waals surface area contributed by atoms with Crippen LogP contribution in [-0.4, -0.2) is 39.9 Å². The molecule has 0 fully saturated rings. The van der Waals surface area contributed by atoms with E-state index in [-0.39, 0.29) is 6.61 Å². The summed E-state index contributed by atoms with van der Waals surface area (Å²) in [6.07, 6.45) is 1.78. The predicted octanol–water partition coefficient (Wildman–Crippen LogP) is 2.03. The summed E-state index contributed by atoms with van der Waals surface area (Å²) < 4.78 is 5.65. The van der Waals surface area contributed by atoms with Crippen LogP contribution >= 0.6 is 0 Å². The standard InChI is InChI=1S/C15H19N3O2/c1-3-8-18(9-10-19)11-14-16-17-15(20-14)13-6-4-12(2)5-7-13/h3-7,19H,1,8-11H2,2H3. The number of hydrogen-bond acceptors (Lipinski definition) is 5. The second-order valence-electron chi connectivity index (χ2n) is 4.61. The SMILES string of the molecule is C=CCN(CCO)Cc1nnc(-c2ccc(C)cc2)o1. The van der Waals surface area contributed by atoms with Gasteiger partial charge in [-0.2, -0.15) is 0 Å². The van der Waals surface area contributed by atoms with Crippen LogP contribution in [0.3, 0.4) is 0 Å². The lowest BCUT2D eigenvalue weighted by Gasteiger charge is -2.16. The highest BCUT2D eigenvalue weighted by atomic mass is 16.4. The lowest BCUT2D eigenvalue weighted by Crippen LogP contribution is -2.26. The van der Waals surface area contributed by atoms with Crippen LogP contribution in [0.15, 0.2) is 41.3 Å². The summed E-state index contributed by atoms with van der Waals surface area (Å²) in [4.78, 5) is 1.99. The van der Waals surface area contributed by atoms with Gasteiger partial charge in [-0.15, -0.1) is 16.8 Å². The van der Waals surface area contributed by atoms with Gasteiger partial charge in [0.25, 0.3) is 0 Å². The highest BCUT2D eigenvalue weighted by molar-refractivity contribution is 5.52. The molecular weight excluding hydrogens is 254 g/mol. The summed E-state index contributed by atoms with van der Waals surface area (Å²) in [5, 5.41) is 17.1. The Labute approximate surface area is 118 Å². The van der Waals surface area contributed by atoms with E-state index in [0.717, 1.165) is 5.56 Å². The molecule has 1 aromatic heterocycles. The van der Waals surface area contributed by atoms with Crippen molar-refractivity contribution in [2.75, 3.05) is 19.7 Å². The van der Waals surface area contributed by atoms with Crippen LogP contribution in [0.1, 0.15) is 11.5 Å². The zero-order chi connectivity index (χ0) is 14.4. The third-order valence-electron chi connectivity index (χ3n) is 2.93. The molecule has 5 heteroatoms. The van der Waals surface area contributed by atoms with E-state index in [4.69, 9.17) is 9.52 Å². The third-order valence-corrected chi connectivity index (χ3v) is 2.93. The zero-order valence-electron chi connectivity index (χ0n) is 11.6. The number of nitrogens with zero attached hydrogens (tertiary/aromatic N) is 3. The van der Waals surface area contributed by atoms with E-state index >= 15 is 0 Å². The maximum atomic E-state index is 9.01. The van der Waals surface area contributed by atoms with E-state index in [1.54, 1.807) is 6.08 Å². The average Bonchev–Trinajstić information content (AvgIpc) is 2.89. The molecule has 1 aromatic carbocycles. The topological polar surface area (TPSA) is 62.4 Å². The Balaban J connectivity index is 2.08. The molecule has 5 nitrogen and oxygen atoms in total. The first-order chi connectivity index (χ1) is 9.72. The summed E-state index contributed by atoms with van der Waals surface area (Å²) in [6.45, 7) is 7.54. The summed E-state index contributed by atoms with van der Waals surface area (Å²) in [5.41, 5.74) is 2.10. The lowest BCUT2D eigenvalue weighted by atomic mass is 10.1. The van der Waals surface area contributed by atoms with Crippen LogP contribution < -0.4 is 0 Å². The molecular formula is C15H19N3O2. The van der Waals surface area contributed by atoms with E-state index in [2.05, 4.69) is 16.8 Å². The van der Waals surface area contributed by atoms with Gasteiger partial charge in [-0.25, -0.2) is 0 Å². The summed E-state index contributed by atoms with van der Waals surface area (Å²) in [7, 11) is 0. The quantitative estimate of drug-likeness (QED) is 0.782. The molecule has 0 atom stereocenters. The Morgan fingerprint density at radius 1 is 1.30 bits per heavy atom. The largest absolute Gasteiger partial charge is 0.419 e. The van der Waals surface area contributed by atoms with Crippen molar-refractivity contribution in [2.45, 2.75) is 13.5 Å². The average molecular weight is 273 g/mol. The van der Waals surface area contributed by atoms with Crippen molar-refractivity contribution in [1.82, 2.24) is 15.1 Å². The molecule has 0 radical (unpaired) electrons. The Morgan fingerprint density at radius 2 is 2.05 bits per heavy atom. The van der Waals surface area contributed by atoms with Gasteiger partial charge in [-0.05, 0) is 19.1 Å². The first-order valence-electron chi connectivity index (χ1n) is 6.56. The van der Waals surface area contributed by atoms with Gasteiger partial charge >= 0.3 is 0 Å². The van der Waals surface area contributed by atoms with Gasteiger partial charge in [0.2, 0.25) is 11.8 Å². The molecule has 2 rings (SSSR count). The molecule has 1 N–H and O–H groups in total. The van der Waals surface area contributed by atoms with E-state index in [0.29, 0.717) is 31.4 Å². The fourth-order valence-corrected chi connectivity index (χ4v) is 1.88. The van der Waals surface area contributed by atoms with Crippen molar-refractivity contribution in [3.63, 3.8) is 0 Å². The Kier molecular flexibility index (Phi) is 5.03. The van der Waals surface area contributed by atoms with Gasteiger partial charge in [0, 0.05) is 18.7 Å². The van der Waals surface area contributed by atoms with Crippen LogP contribution in [-0.2, 0) is 6.54 Å². The van der Waals surface area contributed by atoms with Crippen molar-refractivity contribution in [2.24, 2.45) is 0 Å². The number of benzene rings is 1. The van der Waals surface area contributed by atoms with Gasteiger partial charge in [-0.3, -0.25) is 4.90 Å². The minimum Gasteiger partial charge on any atom is -0.419 e. The summed E-state index contributed by atoms with van der Waals surface area (Å²) in [6, 6.07) is 7.94. The molecule has 1 heterocycles. The van der Waals surface area contributed by atoms with Crippen LogP contribution in [0.2, 0.25) is 0 Å². The van der Waals surface area contributed by atoms with Gasteiger partial charge in [0.15, 0.2) is 0 Å². The normalized spacial score (nSPS) is 10.9. The van der Waals surface area contributed by atoms with E-state index in [1.165, 1.54) is 5.56 Å². The minimum absolute atomic E-state index is 0.0901. The van der Waals surface area contributed by atoms with Gasteiger partial charge in [0.05, 0.1) is 13.2 Å². The van der Waals surface area contributed by atoms with Gasteiger partial charge in [0.1, 0.15) is 0 Å². The first kappa shape index (κ1) is 14.4. The number of aliphatic hydroxyl groups excluding tert-OH is 1. The van der Waals surface area contributed by atoms with E-state index < -0.39 is 0 Å². The second kappa shape index (κ2) is 6.98. The van der Waals surface area contributed by atoms with Crippen molar-refractivity contribution in [1.29, 1.82) is 0 Å². The van der Waals surface area contributed by atoms with E-state index in [9.17, 15) is 0 Å². The number of hydrogen-bond donors (Lipinski definition) is 1. The van der Waals surface area contributed by atoms with Gasteiger partial charge < -0.3 is 9.52 Å². The number of aromatic nitrogens is 2. The van der Waals surface area contributed by atoms with Crippen LogP contribution in [0.4, 0.5) is 0 Å². The molecule has 0 unspecified atom stereocenters. The Hall–Kier alpha value is -1.98. The van der Waals surface area contributed by atoms with Crippen LogP contribution in [0.25, 0.3) is 11.5 Å².